The Balaban J connectivity index is 1.64. The van der Waals surface area contributed by atoms with Gasteiger partial charge in [-0.2, -0.15) is 0 Å². The van der Waals surface area contributed by atoms with E-state index in [1.54, 1.807) is 19.2 Å². The second-order valence-corrected chi connectivity index (χ2v) is 7.85. The average molecular weight is 373 g/mol. The summed E-state index contributed by atoms with van der Waals surface area (Å²) in [4.78, 5) is 39.5. The first-order chi connectivity index (χ1) is 12.9. The highest BCUT2D eigenvalue weighted by atomic mass is 16.2. The van der Waals surface area contributed by atoms with Crippen molar-refractivity contribution in [1.29, 1.82) is 0 Å². The molecule has 1 heterocycles. The second kappa shape index (κ2) is 7.68. The summed E-state index contributed by atoms with van der Waals surface area (Å²) in [6.07, 6.45) is 3.79. The maximum Gasteiger partial charge on any atom is 0.329 e. The Morgan fingerprint density at radius 3 is 2.63 bits per heavy atom. The van der Waals surface area contributed by atoms with Crippen molar-refractivity contribution < 1.29 is 19.3 Å². The topological polar surface area (TPSA) is 82.9 Å². The fourth-order valence-corrected chi connectivity index (χ4v) is 4.23. The summed E-state index contributed by atoms with van der Waals surface area (Å²) in [6.45, 7) is 3.05. The molecule has 7 nitrogen and oxygen atoms in total. The Labute approximate surface area is 160 Å². The van der Waals surface area contributed by atoms with Crippen LogP contribution in [0.25, 0.3) is 0 Å². The molecule has 1 saturated heterocycles. The highest BCUT2D eigenvalue weighted by molar-refractivity contribution is 6.07. The number of quaternary nitrogens is 1. The highest BCUT2D eigenvalue weighted by Crippen LogP contribution is 2.37. The van der Waals surface area contributed by atoms with E-state index in [-0.39, 0.29) is 23.8 Å². The number of urea groups is 1. The number of rotatable bonds is 5. The summed E-state index contributed by atoms with van der Waals surface area (Å²) in [5.74, 6) is -0.0206. The van der Waals surface area contributed by atoms with Crippen LogP contribution in [0.4, 0.5) is 4.79 Å². The highest BCUT2D eigenvalue weighted by Gasteiger charge is 2.55. The number of nitrogens with zero attached hydrogens (tertiary/aromatic N) is 1. The zero-order valence-electron chi connectivity index (χ0n) is 16.3. The van der Waals surface area contributed by atoms with E-state index < -0.39 is 5.54 Å². The molecule has 2 fully saturated rings. The first-order valence-corrected chi connectivity index (χ1v) is 9.64. The maximum absolute atomic E-state index is 13.0. The lowest BCUT2D eigenvalue weighted by Gasteiger charge is -2.36. The molecule has 3 N–H and O–H groups in total. The van der Waals surface area contributed by atoms with Gasteiger partial charge in [-0.3, -0.25) is 9.59 Å². The molecule has 4 amide bonds. The molecule has 1 aliphatic carbocycles. The lowest BCUT2D eigenvalue weighted by atomic mass is 9.73. The molecule has 0 aromatic heterocycles. The van der Waals surface area contributed by atoms with Crippen molar-refractivity contribution >= 4 is 17.8 Å². The van der Waals surface area contributed by atoms with Crippen molar-refractivity contribution in [3.05, 3.63) is 35.4 Å². The fourth-order valence-electron chi connectivity index (χ4n) is 4.23. The van der Waals surface area contributed by atoms with Crippen LogP contribution >= 0.6 is 0 Å². The third-order valence-corrected chi connectivity index (χ3v) is 5.88. The van der Waals surface area contributed by atoms with Gasteiger partial charge in [-0.1, -0.05) is 31.9 Å². The Bertz CT molecular complexity index is 733. The molecule has 27 heavy (non-hydrogen) atoms. The van der Waals surface area contributed by atoms with Gasteiger partial charge in [0.1, 0.15) is 12.1 Å². The molecular weight excluding hydrogens is 344 g/mol. The van der Waals surface area contributed by atoms with Crippen molar-refractivity contribution in [1.82, 2.24) is 15.5 Å². The second-order valence-electron chi connectivity index (χ2n) is 7.85. The minimum absolute atomic E-state index is 0.0750. The molecular formula is C20H29N4O3+. The smallest absolute Gasteiger partial charge is 0.329 e. The van der Waals surface area contributed by atoms with Crippen molar-refractivity contribution in [2.45, 2.75) is 44.7 Å². The summed E-state index contributed by atoms with van der Waals surface area (Å²) < 4.78 is 0. The zero-order valence-corrected chi connectivity index (χ0v) is 16.3. The Morgan fingerprint density at radius 1 is 1.30 bits per heavy atom. The zero-order chi connectivity index (χ0) is 19.6. The first-order valence-electron chi connectivity index (χ1n) is 9.64. The lowest BCUT2D eigenvalue weighted by Crippen LogP contribution is -3.09. The molecule has 1 aromatic rings. The lowest BCUT2D eigenvalue weighted by molar-refractivity contribution is -0.901. The van der Waals surface area contributed by atoms with Crippen LogP contribution in [0.1, 0.15) is 48.5 Å². The largest absolute Gasteiger partial charge is 0.355 e. The number of hydrogen-bond donors (Lipinski definition) is 3. The third kappa shape index (κ3) is 3.69. The molecule has 1 aromatic carbocycles. The van der Waals surface area contributed by atoms with E-state index >= 15 is 0 Å². The van der Waals surface area contributed by atoms with Crippen LogP contribution in [0.2, 0.25) is 0 Å². The molecule has 146 valence electrons. The van der Waals surface area contributed by atoms with Crippen LogP contribution in [0.5, 0.6) is 0 Å². The first kappa shape index (κ1) is 19.4. The maximum atomic E-state index is 13.0. The van der Waals surface area contributed by atoms with Crippen molar-refractivity contribution in [2.24, 2.45) is 5.92 Å². The Kier molecular flexibility index (Phi) is 5.51. The minimum atomic E-state index is -0.704. The van der Waals surface area contributed by atoms with Crippen molar-refractivity contribution in [3.63, 3.8) is 0 Å². The van der Waals surface area contributed by atoms with Crippen LogP contribution in [0, 0.1) is 5.92 Å². The van der Waals surface area contributed by atoms with Crippen LogP contribution < -0.4 is 15.5 Å². The van der Waals surface area contributed by atoms with Crippen LogP contribution in [0.15, 0.2) is 24.3 Å². The van der Waals surface area contributed by atoms with Gasteiger partial charge in [0.2, 0.25) is 0 Å². The van der Waals surface area contributed by atoms with Crippen LogP contribution in [-0.2, 0) is 11.3 Å². The molecule has 1 unspecified atom stereocenters. The Morgan fingerprint density at radius 2 is 2.00 bits per heavy atom. The molecule has 3 rings (SSSR count). The van der Waals surface area contributed by atoms with Gasteiger partial charge in [0.15, 0.2) is 6.67 Å². The molecule has 1 aliphatic heterocycles. The monoisotopic (exact) mass is 373 g/mol. The number of carbonyl (C=O) groups excluding carboxylic acids is 3. The van der Waals surface area contributed by atoms with E-state index in [1.165, 1.54) is 4.90 Å². The summed E-state index contributed by atoms with van der Waals surface area (Å²) in [5, 5.41) is 5.59. The Hall–Kier alpha value is -2.41. The normalized spacial score (nSPS) is 26.2. The third-order valence-electron chi connectivity index (χ3n) is 5.88. The predicted octanol–water partition coefficient (Wildman–Crippen LogP) is 0.519. The molecule has 3 atom stereocenters. The van der Waals surface area contributed by atoms with E-state index in [9.17, 15) is 14.4 Å². The minimum Gasteiger partial charge on any atom is -0.355 e. The summed E-state index contributed by atoms with van der Waals surface area (Å²) in [5.41, 5.74) is 0.958. The SMILES string of the molecule is CNC(=O)c1ccc(C[NH+](C)CN2C(=O)N[C@]3(CCCC[C@@H]3C)C2=O)cc1. The molecule has 0 radical (unpaired) electrons. The van der Waals surface area contributed by atoms with Gasteiger partial charge < -0.3 is 15.5 Å². The number of carbonyl (C=O) groups is 3. The number of imide groups is 1. The van der Waals surface area contributed by atoms with Crippen LogP contribution in [-0.4, -0.2) is 49.0 Å². The van der Waals surface area contributed by atoms with Crippen LogP contribution in [0.3, 0.4) is 0 Å². The predicted molar refractivity (Wildman–Crippen MR) is 101 cm³/mol. The van der Waals surface area contributed by atoms with E-state index in [1.807, 2.05) is 19.2 Å². The average Bonchev–Trinajstić information content (AvgIpc) is 2.89. The number of hydrogen-bond acceptors (Lipinski definition) is 3. The van der Waals surface area contributed by atoms with Crippen molar-refractivity contribution in [3.8, 4) is 0 Å². The van der Waals surface area contributed by atoms with Gasteiger partial charge in [-0.25, -0.2) is 9.69 Å². The van der Waals surface area contributed by atoms with Gasteiger partial charge in [0, 0.05) is 18.2 Å². The van der Waals surface area contributed by atoms with E-state index in [2.05, 4.69) is 17.6 Å². The number of benzene rings is 1. The molecule has 7 heteroatoms. The van der Waals surface area contributed by atoms with Gasteiger partial charge in [0.25, 0.3) is 11.8 Å². The summed E-state index contributed by atoms with van der Waals surface area (Å²) in [6, 6.07) is 7.11. The number of nitrogens with one attached hydrogen (secondary N) is 3. The fraction of sp³-hybridized carbons (Fsp3) is 0.550. The summed E-state index contributed by atoms with van der Waals surface area (Å²) >= 11 is 0. The van der Waals surface area contributed by atoms with Gasteiger partial charge in [-0.05, 0) is 30.9 Å². The van der Waals surface area contributed by atoms with Crippen molar-refractivity contribution in [2.75, 3.05) is 20.8 Å². The number of amides is 4. The van der Waals surface area contributed by atoms with E-state index in [0.717, 1.165) is 36.1 Å². The van der Waals surface area contributed by atoms with E-state index in [4.69, 9.17) is 0 Å². The standard InChI is InChI=1S/C20H28N4O3/c1-14-6-4-5-11-20(14)18(26)24(19(27)22-20)13-23(3)12-15-7-9-16(10-8-15)17(25)21-2/h7-10,14H,4-6,11-13H2,1-3H3,(H,21,25)(H,22,27)/p+1/t14-,20-/m0/s1. The molecule has 1 spiro atoms. The summed E-state index contributed by atoms with van der Waals surface area (Å²) in [7, 11) is 3.56. The molecule has 0 bridgehead atoms. The van der Waals surface area contributed by atoms with Gasteiger partial charge in [-0.15, -0.1) is 0 Å². The molecule has 1 saturated carbocycles. The van der Waals surface area contributed by atoms with Gasteiger partial charge >= 0.3 is 6.03 Å². The quantitative estimate of drug-likeness (QED) is 0.658. The molecule has 2 aliphatic rings. The van der Waals surface area contributed by atoms with E-state index in [0.29, 0.717) is 18.8 Å². The van der Waals surface area contributed by atoms with Gasteiger partial charge in [0.05, 0.1) is 7.05 Å².